The van der Waals surface area contributed by atoms with Crippen LogP contribution in [0.5, 0.6) is 0 Å². The lowest BCUT2D eigenvalue weighted by atomic mass is 9.93. The maximum atomic E-state index is 10.8. The molecule has 0 atom stereocenters. The molecule has 0 saturated carbocycles. The van der Waals surface area contributed by atoms with E-state index in [0.29, 0.717) is 24.4 Å². The summed E-state index contributed by atoms with van der Waals surface area (Å²) in [7, 11) is 0. The van der Waals surface area contributed by atoms with Gasteiger partial charge in [0.05, 0.1) is 0 Å². The van der Waals surface area contributed by atoms with Gasteiger partial charge in [0.1, 0.15) is 0 Å². The molecule has 5 nitrogen and oxygen atoms in total. The summed E-state index contributed by atoms with van der Waals surface area (Å²) in [5.41, 5.74) is 5.18. The molecule has 2 rings (SSSR count). The standard InChI is InChI=1S/C12H16N2O3/c13-11(16)7-9-3-5-14(6-4-9)12-2-1-10(8-15)17-12/h1-2,8-9H,3-7H2,(H2,13,16). The Balaban J connectivity index is 1.90. The van der Waals surface area contributed by atoms with Gasteiger partial charge in [-0.3, -0.25) is 9.59 Å². The summed E-state index contributed by atoms with van der Waals surface area (Å²) < 4.78 is 5.35. The molecule has 5 heteroatoms. The lowest BCUT2D eigenvalue weighted by molar-refractivity contribution is -0.119. The third-order valence-corrected chi connectivity index (χ3v) is 3.14. The van der Waals surface area contributed by atoms with Gasteiger partial charge < -0.3 is 15.1 Å². The Labute approximate surface area is 99.6 Å². The van der Waals surface area contributed by atoms with Gasteiger partial charge in [-0.05, 0) is 24.8 Å². The Hall–Kier alpha value is -1.78. The van der Waals surface area contributed by atoms with Crippen LogP contribution in [-0.2, 0) is 4.79 Å². The molecular formula is C12H16N2O3. The molecule has 0 spiro atoms. The molecule has 1 aliphatic rings. The number of hydrogen-bond donors (Lipinski definition) is 1. The maximum Gasteiger partial charge on any atom is 0.217 e. The Morgan fingerprint density at radius 3 is 2.71 bits per heavy atom. The number of nitrogens with zero attached hydrogens (tertiary/aromatic N) is 1. The van der Waals surface area contributed by atoms with E-state index in [1.807, 2.05) is 0 Å². The van der Waals surface area contributed by atoms with Crippen molar-refractivity contribution in [3.05, 3.63) is 17.9 Å². The first kappa shape index (κ1) is 11.7. The van der Waals surface area contributed by atoms with Gasteiger partial charge in [0.2, 0.25) is 5.91 Å². The number of aldehydes is 1. The molecule has 17 heavy (non-hydrogen) atoms. The topological polar surface area (TPSA) is 76.5 Å². The number of nitrogens with two attached hydrogens (primary N) is 1. The lowest BCUT2D eigenvalue weighted by Crippen LogP contribution is -2.34. The van der Waals surface area contributed by atoms with Crippen LogP contribution in [0.4, 0.5) is 5.88 Å². The summed E-state index contributed by atoms with van der Waals surface area (Å²) in [5.74, 6) is 1.22. The molecule has 1 amide bonds. The lowest BCUT2D eigenvalue weighted by Gasteiger charge is -2.31. The molecule has 92 valence electrons. The summed E-state index contributed by atoms with van der Waals surface area (Å²) in [6, 6.07) is 3.47. The molecule has 1 aromatic rings. The van der Waals surface area contributed by atoms with Gasteiger partial charge in [0.15, 0.2) is 17.9 Å². The highest BCUT2D eigenvalue weighted by Crippen LogP contribution is 2.26. The van der Waals surface area contributed by atoms with Crippen LogP contribution in [0.15, 0.2) is 16.5 Å². The molecular weight excluding hydrogens is 220 g/mol. The Kier molecular flexibility index (Phi) is 3.46. The molecule has 0 aromatic carbocycles. The Bertz CT molecular complexity index is 406. The van der Waals surface area contributed by atoms with Crippen molar-refractivity contribution in [1.82, 2.24) is 0 Å². The predicted molar refractivity (Wildman–Crippen MR) is 62.8 cm³/mol. The van der Waals surface area contributed by atoms with E-state index in [9.17, 15) is 9.59 Å². The van der Waals surface area contributed by atoms with Crippen LogP contribution >= 0.6 is 0 Å². The largest absolute Gasteiger partial charge is 0.438 e. The highest BCUT2D eigenvalue weighted by molar-refractivity contribution is 5.74. The first-order chi connectivity index (χ1) is 8.19. The summed E-state index contributed by atoms with van der Waals surface area (Å²) in [4.78, 5) is 23.4. The minimum absolute atomic E-state index is 0.232. The van der Waals surface area contributed by atoms with Crippen molar-refractivity contribution >= 4 is 18.1 Å². The van der Waals surface area contributed by atoms with Crippen LogP contribution in [0.3, 0.4) is 0 Å². The van der Waals surface area contributed by atoms with Gasteiger partial charge >= 0.3 is 0 Å². The van der Waals surface area contributed by atoms with E-state index in [0.717, 1.165) is 31.8 Å². The van der Waals surface area contributed by atoms with Crippen LogP contribution in [-0.4, -0.2) is 25.3 Å². The molecule has 0 bridgehead atoms. The van der Waals surface area contributed by atoms with E-state index < -0.39 is 0 Å². The summed E-state index contributed by atoms with van der Waals surface area (Å²) in [6.45, 7) is 1.67. The zero-order chi connectivity index (χ0) is 12.3. The van der Waals surface area contributed by atoms with Crippen LogP contribution in [0, 0.1) is 5.92 Å². The van der Waals surface area contributed by atoms with E-state index in [-0.39, 0.29) is 5.91 Å². The number of carbonyl (C=O) groups is 2. The monoisotopic (exact) mass is 236 g/mol. The van der Waals surface area contributed by atoms with Crippen LogP contribution < -0.4 is 10.6 Å². The van der Waals surface area contributed by atoms with E-state index in [1.165, 1.54) is 0 Å². The minimum Gasteiger partial charge on any atom is -0.438 e. The number of piperidine rings is 1. The molecule has 0 unspecified atom stereocenters. The van der Waals surface area contributed by atoms with Gasteiger partial charge in [0, 0.05) is 25.6 Å². The second-order valence-corrected chi connectivity index (χ2v) is 4.39. The maximum absolute atomic E-state index is 10.8. The van der Waals surface area contributed by atoms with Crippen molar-refractivity contribution in [2.24, 2.45) is 11.7 Å². The average Bonchev–Trinajstić information content (AvgIpc) is 2.78. The highest BCUT2D eigenvalue weighted by atomic mass is 16.4. The Morgan fingerprint density at radius 2 is 2.18 bits per heavy atom. The van der Waals surface area contributed by atoms with Gasteiger partial charge in [-0.25, -0.2) is 0 Å². The SMILES string of the molecule is NC(=O)CC1CCN(c2ccc(C=O)o2)CC1. The number of carbonyl (C=O) groups excluding carboxylic acids is 2. The van der Waals surface area contributed by atoms with Crippen molar-refractivity contribution in [3.63, 3.8) is 0 Å². The fraction of sp³-hybridized carbons (Fsp3) is 0.500. The van der Waals surface area contributed by atoms with Gasteiger partial charge in [-0.1, -0.05) is 0 Å². The normalized spacial score (nSPS) is 17.1. The van der Waals surface area contributed by atoms with Gasteiger partial charge in [0.25, 0.3) is 0 Å². The van der Waals surface area contributed by atoms with E-state index in [1.54, 1.807) is 12.1 Å². The second-order valence-electron chi connectivity index (χ2n) is 4.39. The molecule has 2 N–H and O–H groups in total. The highest BCUT2D eigenvalue weighted by Gasteiger charge is 2.22. The Morgan fingerprint density at radius 1 is 1.47 bits per heavy atom. The zero-order valence-corrected chi connectivity index (χ0v) is 9.59. The minimum atomic E-state index is -0.232. The van der Waals surface area contributed by atoms with Crippen molar-refractivity contribution in [1.29, 1.82) is 0 Å². The molecule has 1 aliphatic heterocycles. The van der Waals surface area contributed by atoms with Crippen LogP contribution in [0.25, 0.3) is 0 Å². The summed E-state index contributed by atoms with van der Waals surface area (Å²) in [6.07, 6.45) is 3.02. The number of hydrogen-bond acceptors (Lipinski definition) is 4. The van der Waals surface area contributed by atoms with E-state index >= 15 is 0 Å². The molecule has 1 saturated heterocycles. The van der Waals surface area contributed by atoms with Crippen molar-refractivity contribution < 1.29 is 14.0 Å². The second kappa shape index (κ2) is 5.03. The predicted octanol–water partition coefficient (Wildman–Crippen LogP) is 1.18. The van der Waals surface area contributed by atoms with Gasteiger partial charge in [-0.2, -0.15) is 0 Å². The first-order valence-corrected chi connectivity index (χ1v) is 5.77. The van der Waals surface area contributed by atoms with Gasteiger partial charge in [-0.15, -0.1) is 0 Å². The average molecular weight is 236 g/mol. The number of amides is 1. The summed E-state index contributed by atoms with van der Waals surface area (Å²) in [5, 5.41) is 0. The number of furan rings is 1. The molecule has 0 radical (unpaired) electrons. The molecule has 1 fully saturated rings. The molecule has 1 aromatic heterocycles. The fourth-order valence-corrected chi connectivity index (χ4v) is 2.22. The van der Waals surface area contributed by atoms with Crippen molar-refractivity contribution in [3.8, 4) is 0 Å². The van der Waals surface area contributed by atoms with Crippen molar-refractivity contribution in [2.75, 3.05) is 18.0 Å². The molecule has 2 heterocycles. The third-order valence-electron chi connectivity index (χ3n) is 3.14. The van der Waals surface area contributed by atoms with Crippen LogP contribution in [0.2, 0.25) is 0 Å². The molecule has 0 aliphatic carbocycles. The number of primary amides is 1. The first-order valence-electron chi connectivity index (χ1n) is 5.77. The summed E-state index contributed by atoms with van der Waals surface area (Å²) >= 11 is 0. The zero-order valence-electron chi connectivity index (χ0n) is 9.59. The number of anilines is 1. The smallest absolute Gasteiger partial charge is 0.217 e. The quantitative estimate of drug-likeness (QED) is 0.796. The third kappa shape index (κ3) is 2.87. The number of rotatable bonds is 4. The van der Waals surface area contributed by atoms with Crippen LogP contribution in [0.1, 0.15) is 29.8 Å². The van der Waals surface area contributed by atoms with Crippen molar-refractivity contribution in [2.45, 2.75) is 19.3 Å². The van der Waals surface area contributed by atoms with E-state index in [2.05, 4.69) is 4.90 Å². The fourth-order valence-electron chi connectivity index (χ4n) is 2.22. The van der Waals surface area contributed by atoms with E-state index in [4.69, 9.17) is 10.2 Å².